The molecular weight excluding hydrogens is 383 g/mol. The molecule has 0 N–H and O–H groups in total. The molecule has 6 nitrogen and oxygen atoms in total. The Hall–Kier alpha value is -3.26. The molecule has 144 valence electrons. The van der Waals surface area contributed by atoms with Crippen molar-refractivity contribution in [3.63, 3.8) is 0 Å². The number of carbonyl (C=O) groups is 1. The van der Waals surface area contributed by atoms with Crippen molar-refractivity contribution >= 4 is 23.0 Å². The van der Waals surface area contributed by atoms with Crippen LogP contribution in [0, 0.1) is 5.82 Å². The highest BCUT2D eigenvalue weighted by Gasteiger charge is 2.12. The summed E-state index contributed by atoms with van der Waals surface area (Å²) < 4.78 is 24.5. The first-order chi connectivity index (χ1) is 13.5. The monoisotopic (exact) mass is 400 g/mol. The van der Waals surface area contributed by atoms with Crippen molar-refractivity contribution < 1.29 is 18.7 Å². The third-order valence-electron chi connectivity index (χ3n) is 3.89. The molecule has 0 amide bonds. The largest absolute Gasteiger partial charge is 0.497 e. The normalized spacial score (nSPS) is 11.3. The number of methoxy groups -OCH3 is 2. The number of carbonyl (C=O) groups excluding carboxylic acids is 1. The molecule has 0 aliphatic heterocycles. The fourth-order valence-corrected chi connectivity index (χ4v) is 3.38. The van der Waals surface area contributed by atoms with E-state index in [0.717, 1.165) is 16.9 Å². The second-order valence-corrected chi connectivity index (χ2v) is 6.75. The highest BCUT2D eigenvalue weighted by atomic mass is 32.1. The fourth-order valence-electron chi connectivity index (χ4n) is 2.44. The first-order valence-corrected chi connectivity index (χ1v) is 9.08. The van der Waals surface area contributed by atoms with Gasteiger partial charge in [0, 0.05) is 6.07 Å². The Labute approximate surface area is 164 Å². The van der Waals surface area contributed by atoms with E-state index in [1.165, 1.54) is 42.0 Å². The summed E-state index contributed by atoms with van der Waals surface area (Å²) in [6.45, 7) is 0.251. The predicted molar refractivity (Wildman–Crippen MR) is 104 cm³/mol. The molecule has 0 spiro atoms. The van der Waals surface area contributed by atoms with Crippen LogP contribution in [0.4, 0.5) is 10.1 Å². The zero-order valence-electron chi connectivity index (χ0n) is 15.2. The highest BCUT2D eigenvalue weighted by Crippen LogP contribution is 2.14. The second kappa shape index (κ2) is 8.62. The molecular formula is C20H17FN2O4S. The summed E-state index contributed by atoms with van der Waals surface area (Å²) in [6.07, 6.45) is 0. The summed E-state index contributed by atoms with van der Waals surface area (Å²) in [5.41, 5.74) is 0.926. The van der Waals surface area contributed by atoms with Crippen molar-refractivity contribution in [2.45, 2.75) is 6.54 Å². The Morgan fingerprint density at radius 1 is 1.11 bits per heavy atom. The van der Waals surface area contributed by atoms with Crippen LogP contribution in [0.2, 0.25) is 0 Å². The minimum atomic E-state index is -0.616. The van der Waals surface area contributed by atoms with Gasteiger partial charge in [0.05, 0.1) is 26.5 Å². The van der Waals surface area contributed by atoms with Gasteiger partial charge in [-0.25, -0.2) is 14.2 Å². The van der Waals surface area contributed by atoms with E-state index in [-0.39, 0.29) is 17.2 Å². The molecule has 0 atom stereocenters. The first-order valence-electron chi connectivity index (χ1n) is 8.26. The van der Waals surface area contributed by atoms with Crippen LogP contribution >= 0.6 is 11.3 Å². The van der Waals surface area contributed by atoms with Crippen LogP contribution in [-0.2, 0) is 11.3 Å². The van der Waals surface area contributed by atoms with E-state index in [4.69, 9.17) is 9.47 Å². The summed E-state index contributed by atoms with van der Waals surface area (Å²) >= 11 is 1.03. The Morgan fingerprint density at radius 3 is 2.39 bits per heavy atom. The molecule has 0 saturated heterocycles. The van der Waals surface area contributed by atoms with Crippen molar-refractivity contribution in [2.75, 3.05) is 14.2 Å². The number of halogens is 1. The Morgan fingerprint density at radius 2 is 1.79 bits per heavy atom. The van der Waals surface area contributed by atoms with Crippen molar-refractivity contribution in [3.8, 4) is 5.75 Å². The second-order valence-electron chi connectivity index (χ2n) is 5.75. The summed E-state index contributed by atoms with van der Waals surface area (Å²) in [5, 5.41) is 0. The van der Waals surface area contributed by atoms with E-state index >= 15 is 0 Å². The molecule has 0 unspecified atom stereocenters. The van der Waals surface area contributed by atoms with Gasteiger partial charge in [0.2, 0.25) is 0 Å². The van der Waals surface area contributed by atoms with Crippen LogP contribution < -0.4 is 15.1 Å². The van der Waals surface area contributed by atoms with E-state index in [1.54, 1.807) is 19.2 Å². The van der Waals surface area contributed by atoms with Crippen LogP contribution in [0.5, 0.6) is 5.75 Å². The molecule has 1 heterocycles. The quantitative estimate of drug-likeness (QED) is 0.617. The number of ether oxygens (including phenoxy) is 2. The Bertz CT molecular complexity index is 1100. The van der Waals surface area contributed by atoms with E-state index in [2.05, 4.69) is 4.99 Å². The highest BCUT2D eigenvalue weighted by molar-refractivity contribution is 7.11. The number of nitrogens with zero attached hydrogens (tertiary/aromatic N) is 2. The van der Waals surface area contributed by atoms with Gasteiger partial charge in [-0.15, -0.1) is 0 Å². The lowest BCUT2D eigenvalue weighted by Gasteiger charge is -2.08. The van der Waals surface area contributed by atoms with Crippen molar-refractivity contribution in [3.05, 3.63) is 86.0 Å². The Balaban J connectivity index is 2.12. The number of hydrogen-bond acceptors (Lipinski definition) is 6. The average molecular weight is 400 g/mol. The minimum absolute atomic E-state index is 0.138. The number of esters is 1. The average Bonchev–Trinajstić information content (AvgIpc) is 2.71. The SMILES string of the molecule is COC(=O)c1cc(=O)n(Cc2ccc(OC)cc2)c(=Nc2ccc(F)cc2)s1. The molecule has 0 radical (unpaired) electrons. The maximum Gasteiger partial charge on any atom is 0.348 e. The van der Waals surface area contributed by atoms with Gasteiger partial charge >= 0.3 is 5.97 Å². The summed E-state index contributed by atoms with van der Waals surface area (Å²) in [5.74, 6) is -0.299. The smallest absolute Gasteiger partial charge is 0.348 e. The van der Waals surface area contributed by atoms with Gasteiger partial charge in [0.1, 0.15) is 16.4 Å². The lowest BCUT2D eigenvalue weighted by molar-refractivity contribution is 0.0605. The standard InChI is InChI=1S/C20H17FN2O4S/c1-26-16-9-3-13(4-10-16)12-23-18(24)11-17(19(25)27-2)28-20(23)22-15-7-5-14(21)6-8-15/h3-11H,12H2,1-2H3. The molecule has 2 aromatic carbocycles. The lowest BCUT2D eigenvalue weighted by atomic mass is 10.2. The van der Waals surface area contributed by atoms with Crippen LogP contribution in [0.25, 0.3) is 0 Å². The van der Waals surface area contributed by atoms with Gasteiger partial charge in [-0.2, -0.15) is 0 Å². The van der Waals surface area contributed by atoms with Gasteiger partial charge in [0.25, 0.3) is 5.56 Å². The zero-order chi connectivity index (χ0) is 20.1. The van der Waals surface area contributed by atoms with Crippen LogP contribution in [0.15, 0.2) is 64.4 Å². The topological polar surface area (TPSA) is 69.9 Å². The van der Waals surface area contributed by atoms with Crippen LogP contribution in [0.1, 0.15) is 15.2 Å². The van der Waals surface area contributed by atoms with E-state index in [9.17, 15) is 14.0 Å². The fraction of sp³-hybridized carbons (Fsp3) is 0.150. The van der Waals surface area contributed by atoms with Gasteiger partial charge in [0.15, 0.2) is 4.80 Å². The molecule has 0 aliphatic carbocycles. The maximum absolute atomic E-state index is 13.2. The van der Waals surface area contributed by atoms with Crippen LogP contribution in [0.3, 0.4) is 0 Å². The summed E-state index contributed by atoms with van der Waals surface area (Å²) in [6, 6.07) is 14.0. The molecule has 3 aromatic rings. The lowest BCUT2D eigenvalue weighted by Crippen LogP contribution is -2.33. The third-order valence-corrected chi connectivity index (χ3v) is 4.89. The van der Waals surface area contributed by atoms with Crippen molar-refractivity contribution in [2.24, 2.45) is 4.99 Å². The predicted octanol–water partition coefficient (Wildman–Crippen LogP) is 3.12. The first kappa shape index (κ1) is 19.5. The Kier molecular flexibility index (Phi) is 6.00. The van der Waals surface area contributed by atoms with Gasteiger partial charge < -0.3 is 9.47 Å². The number of benzene rings is 2. The van der Waals surface area contributed by atoms with E-state index in [1.807, 2.05) is 12.1 Å². The number of hydrogen-bond donors (Lipinski definition) is 0. The van der Waals surface area contributed by atoms with Gasteiger partial charge in [-0.3, -0.25) is 9.36 Å². The molecule has 0 aliphatic rings. The molecule has 0 fully saturated rings. The molecule has 0 saturated carbocycles. The van der Waals surface area contributed by atoms with Crippen molar-refractivity contribution in [1.82, 2.24) is 4.57 Å². The van der Waals surface area contributed by atoms with Crippen molar-refractivity contribution in [1.29, 1.82) is 0 Å². The molecule has 1 aromatic heterocycles. The molecule has 8 heteroatoms. The molecule has 28 heavy (non-hydrogen) atoms. The summed E-state index contributed by atoms with van der Waals surface area (Å²) in [4.78, 5) is 29.4. The molecule has 0 bridgehead atoms. The van der Waals surface area contributed by atoms with E-state index in [0.29, 0.717) is 16.2 Å². The van der Waals surface area contributed by atoms with Crippen LogP contribution in [-0.4, -0.2) is 24.8 Å². The third kappa shape index (κ3) is 4.52. The van der Waals surface area contributed by atoms with Gasteiger partial charge in [-0.05, 0) is 42.0 Å². The number of aromatic nitrogens is 1. The maximum atomic E-state index is 13.2. The van der Waals surface area contributed by atoms with Gasteiger partial charge in [-0.1, -0.05) is 23.5 Å². The minimum Gasteiger partial charge on any atom is -0.497 e. The van der Waals surface area contributed by atoms with E-state index < -0.39 is 11.5 Å². The molecule has 3 rings (SSSR count). The number of rotatable bonds is 5. The zero-order valence-corrected chi connectivity index (χ0v) is 16.0. The summed E-state index contributed by atoms with van der Waals surface area (Å²) in [7, 11) is 2.82.